The number of fused-ring (bicyclic) bond motifs is 2. The Hall–Kier alpha value is -4.23. The Labute approximate surface area is 228 Å². The van der Waals surface area contributed by atoms with Crippen LogP contribution in [-0.2, 0) is 30.0 Å². The number of hydrogen-bond acceptors (Lipinski definition) is 10. The van der Waals surface area contributed by atoms with Gasteiger partial charge in [-0.05, 0) is 30.0 Å². The number of hydrogen-bond donors (Lipinski definition) is 1. The number of piperidine rings is 2. The zero-order chi connectivity index (χ0) is 29.1. The highest BCUT2D eigenvalue weighted by Crippen LogP contribution is 2.65. The molecule has 40 heavy (non-hydrogen) atoms. The molecule has 0 aromatic heterocycles. The maximum atomic E-state index is 12.3. The van der Waals surface area contributed by atoms with Gasteiger partial charge in [0.1, 0.15) is 5.41 Å². The van der Waals surface area contributed by atoms with Crippen molar-refractivity contribution in [2.75, 3.05) is 40.9 Å². The monoisotopic (exact) mass is 552 g/mol. The number of amides is 2. The summed E-state index contributed by atoms with van der Waals surface area (Å²) in [6.45, 7) is 2.01. The first kappa shape index (κ1) is 27.3. The van der Waals surface area contributed by atoms with Gasteiger partial charge in [0, 0.05) is 49.8 Å². The summed E-state index contributed by atoms with van der Waals surface area (Å²) in [4.78, 5) is 60.6. The Balaban J connectivity index is 0.000000164. The Kier molecular flexibility index (Phi) is 6.46. The third-order valence-electron chi connectivity index (χ3n) is 9.03. The standard InChI is InChI=1S/C14H12N2O6.C13H16N2O3/c1-15-11(17)9-10(12(15)18)14(9,13(19)22-2)7-4-3-5-8(6-7)16(20)21;1-14-6-11-12(7-14)13(11,8-16)9-3-2-4-10(5-9)15(17)18/h3-6,9-10H,1-2H3;2-5,11-12,16H,6-8H2,1H3/t9-,10+,14?;11-,12+,13?. The van der Waals surface area contributed by atoms with Gasteiger partial charge in [-0.1, -0.05) is 24.3 Å². The molecule has 2 saturated carbocycles. The first-order valence-corrected chi connectivity index (χ1v) is 12.7. The molecule has 1 N–H and O–H groups in total. The van der Waals surface area contributed by atoms with Crippen molar-refractivity contribution in [3.8, 4) is 0 Å². The van der Waals surface area contributed by atoms with Crippen LogP contribution < -0.4 is 0 Å². The number of nitrogens with zero attached hydrogens (tertiary/aromatic N) is 4. The van der Waals surface area contributed by atoms with E-state index in [-0.39, 0.29) is 33.9 Å². The van der Waals surface area contributed by atoms with E-state index in [0.717, 1.165) is 30.7 Å². The summed E-state index contributed by atoms with van der Waals surface area (Å²) in [7, 11) is 4.59. The molecular weight excluding hydrogens is 524 g/mol. The van der Waals surface area contributed by atoms with E-state index in [1.165, 1.54) is 37.4 Å². The van der Waals surface area contributed by atoms with Crippen LogP contribution in [0.3, 0.4) is 0 Å². The number of carbonyl (C=O) groups is 3. The van der Waals surface area contributed by atoms with Gasteiger partial charge >= 0.3 is 5.97 Å². The summed E-state index contributed by atoms with van der Waals surface area (Å²) < 4.78 is 4.77. The minimum absolute atomic E-state index is 0.0807. The van der Waals surface area contributed by atoms with Crippen LogP contribution in [0.1, 0.15) is 11.1 Å². The van der Waals surface area contributed by atoms with Crippen LogP contribution in [0.25, 0.3) is 0 Å². The van der Waals surface area contributed by atoms with E-state index in [1.54, 1.807) is 12.1 Å². The molecule has 0 spiro atoms. The number of non-ortho nitro benzene ring substituents is 2. The fourth-order valence-electron chi connectivity index (χ4n) is 6.96. The van der Waals surface area contributed by atoms with Gasteiger partial charge < -0.3 is 14.7 Å². The highest BCUT2D eigenvalue weighted by Gasteiger charge is 2.82. The number of aliphatic hydroxyl groups is 1. The summed E-state index contributed by atoms with van der Waals surface area (Å²) in [5, 5.41) is 31.5. The molecule has 6 rings (SSSR count). The third kappa shape index (κ3) is 3.72. The van der Waals surface area contributed by atoms with E-state index in [0.29, 0.717) is 11.8 Å². The van der Waals surface area contributed by atoms with Gasteiger partial charge in [0.2, 0.25) is 11.8 Å². The largest absolute Gasteiger partial charge is 0.468 e. The molecule has 6 atom stereocenters. The fraction of sp³-hybridized carbons (Fsp3) is 0.444. The van der Waals surface area contributed by atoms with Gasteiger partial charge in [-0.2, -0.15) is 0 Å². The molecule has 2 aliphatic heterocycles. The predicted octanol–water partition coefficient (Wildman–Crippen LogP) is 1.27. The van der Waals surface area contributed by atoms with Crippen molar-refractivity contribution >= 4 is 29.2 Å². The van der Waals surface area contributed by atoms with Crippen molar-refractivity contribution in [1.82, 2.24) is 9.80 Å². The smallest absolute Gasteiger partial charge is 0.317 e. The average Bonchev–Trinajstić information content (AvgIpc) is 3.72. The SMILES string of the molecule is CN1C[C@@H]2[C@H](C1)C2(CO)c1cccc([N+](=O)[O-])c1.COC(=O)C1(c2cccc([N+](=O)[O-])c2)[C@@H]2C(=O)N(C)C(=O)[C@@H]21. The van der Waals surface area contributed by atoms with Gasteiger partial charge in [0.25, 0.3) is 11.4 Å². The number of benzene rings is 2. The normalized spacial score (nSPS) is 31.6. The molecule has 2 heterocycles. The number of imide groups is 1. The number of nitro benzene ring substituents is 2. The van der Waals surface area contributed by atoms with E-state index in [9.17, 15) is 39.7 Å². The molecule has 2 unspecified atom stereocenters. The summed E-state index contributed by atoms with van der Waals surface area (Å²) in [5.41, 5.74) is -0.599. The van der Waals surface area contributed by atoms with Crippen LogP contribution in [0.2, 0.25) is 0 Å². The molecule has 4 aliphatic rings. The van der Waals surface area contributed by atoms with Crippen LogP contribution in [0.4, 0.5) is 11.4 Å². The van der Waals surface area contributed by atoms with E-state index in [4.69, 9.17) is 4.74 Å². The quantitative estimate of drug-likeness (QED) is 0.238. The lowest BCUT2D eigenvalue weighted by Crippen LogP contribution is -2.40. The highest BCUT2D eigenvalue weighted by molar-refractivity contribution is 6.17. The van der Waals surface area contributed by atoms with Crippen molar-refractivity contribution in [3.05, 3.63) is 79.9 Å². The number of ether oxygens (including phenoxy) is 1. The summed E-state index contributed by atoms with van der Waals surface area (Å²) >= 11 is 0. The van der Waals surface area contributed by atoms with Crippen LogP contribution in [-0.4, -0.2) is 83.4 Å². The minimum atomic E-state index is -1.44. The molecule has 0 radical (unpaired) electrons. The molecule has 2 saturated heterocycles. The average molecular weight is 553 g/mol. The van der Waals surface area contributed by atoms with E-state index >= 15 is 0 Å². The number of likely N-dealkylation sites (tertiary alicyclic amines) is 2. The molecule has 4 fully saturated rings. The highest BCUT2D eigenvalue weighted by atomic mass is 16.6. The van der Waals surface area contributed by atoms with Crippen molar-refractivity contribution in [2.45, 2.75) is 10.8 Å². The molecule has 210 valence electrons. The lowest BCUT2D eigenvalue weighted by molar-refractivity contribution is -0.385. The maximum Gasteiger partial charge on any atom is 0.317 e. The van der Waals surface area contributed by atoms with E-state index in [1.807, 2.05) is 6.07 Å². The van der Waals surface area contributed by atoms with Gasteiger partial charge in [-0.3, -0.25) is 39.5 Å². The minimum Gasteiger partial charge on any atom is -0.468 e. The lowest BCUT2D eigenvalue weighted by atomic mass is 9.89. The second kappa shape index (κ2) is 9.45. The maximum absolute atomic E-state index is 12.3. The number of methoxy groups -OCH3 is 1. The summed E-state index contributed by atoms with van der Waals surface area (Å²) in [6, 6.07) is 12.2. The van der Waals surface area contributed by atoms with Crippen LogP contribution in [0.5, 0.6) is 0 Å². The topological polar surface area (TPSA) is 173 Å². The van der Waals surface area contributed by atoms with Crippen LogP contribution in [0.15, 0.2) is 48.5 Å². The van der Waals surface area contributed by atoms with E-state index in [2.05, 4.69) is 11.9 Å². The zero-order valence-electron chi connectivity index (χ0n) is 22.1. The Morgan fingerprint density at radius 2 is 1.43 bits per heavy atom. The molecule has 13 heteroatoms. The van der Waals surface area contributed by atoms with Crippen molar-refractivity contribution < 1.29 is 34.1 Å². The fourth-order valence-corrected chi connectivity index (χ4v) is 6.96. The first-order valence-electron chi connectivity index (χ1n) is 12.7. The second-order valence-corrected chi connectivity index (χ2v) is 10.8. The van der Waals surface area contributed by atoms with Gasteiger partial charge in [0.05, 0.1) is 35.4 Å². The first-order chi connectivity index (χ1) is 19.0. The van der Waals surface area contributed by atoms with Gasteiger partial charge in [-0.15, -0.1) is 0 Å². The van der Waals surface area contributed by atoms with Crippen molar-refractivity contribution in [3.63, 3.8) is 0 Å². The Morgan fingerprint density at radius 1 is 0.950 bits per heavy atom. The molecular formula is C27H28N4O9. The Bertz CT molecular complexity index is 1410. The number of aliphatic hydroxyl groups excluding tert-OH is 1. The van der Waals surface area contributed by atoms with Crippen LogP contribution >= 0.6 is 0 Å². The molecule has 2 aliphatic carbocycles. The summed E-state index contributed by atoms with van der Waals surface area (Å²) in [5.74, 6) is -2.47. The van der Waals surface area contributed by atoms with E-state index < -0.39 is 40.0 Å². The molecule has 0 bridgehead atoms. The van der Waals surface area contributed by atoms with Gasteiger partial charge in [0.15, 0.2) is 0 Å². The number of esters is 1. The predicted molar refractivity (Wildman–Crippen MR) is 138 cm³/mol. The van der Waals surface area contributed by atoms with Crippen LogP contribution in [0, 0.1) is 43.9 Å². The molecule has 2 aromatic rings. The molecule has 13 nitrogen and oxygen atoms in total. The third-order valence-corrected chi connectivity index (χ3v) is 9.03. The van der Waals surface area contributed by atoms with Crippen molar-refractivity contribution in [2.24, 2.45) is 23.7 Å². The Morgan fingerprint density at radius 3 is 1.88 bits per heavy atom. The van der Waals surface area contributed by atoms with Crippen molar-refractivity contribution in [1.29, 1.82) is 0 Å². The molecule has 2 amide bonds. The second-order valence-electron chi connectivity index (χ2n) is 10.8. The zero-order valence-corrected chi connectivity index (χ0v) is 22.1. The number of nitro groups is 2. The number of carbonyl (C=O) groups excluding carboxylic acids is 3. The summed E-state index contributed by atoms with van der Waals surface area (Å²) in [6.07, 6.45) is 0. The van der Waals surface area contributed by atoms with Gasteiger partial charge in [-0.25, -0.2) is 0 Å². The lowest BCUT2D eigenvalue weighted by Gasteiger charge is -2.22. The molecule has 2 aromatic carbocycles. The number of rotatable bonds is 6.